The first-order chi connectivity index (χ1) is 9.38. The molecule has 1 N–H and O–H groups in total. The monoisotopic (exact) mass is 256 g/mol. The normalized spacial score (nSPS) is 10.6. The maximum Gasteiger partial charge on any atom is 0.0892 e. The summed E-state index contributed by atoms with van der Waals surface area (Å²) < 4.78 is 5.68. The molecule has 1 aromatic heterocycles. The number of nitrogens with one attached hydrogen (secondary N) is 1. The topological polar surface area (TPSA) is 34.1 Å². The Kier molecular flexibility index (Phi) is 5.53. The Morgan fingerprint density at radius 3 is 2.53 bits per heavy atom. The molecule has 0 aliphatic carbocycles. The van der Waals surface area contributed by atoms with Crippen LogP contribution in [0.5, 0.6) is 0 Å². The van der Waals surface area contributed by atoms with Crippen LogP contribution in [-0.4, -0.2) is 11.5 Å². The highest BCUT2D eigenvalue weighted by Crippen LogP contribution is 2.05. The van der Waals surface area contributed by atoms with E-state index in [0.717, 1.165) is 24.5 Å². The summed E-state index contributed by atoms with van der Waals surface area (Å²) in [6.07, 6.45) is 0. The SMILES string of the molecule is CCNCc1cccc(COCc2ccccc2)n1. The van der Waals surface area contributed by atoms with Crippen molar-refractivity contribution in [3.8, 4) is 0 Å². The third-order valence-corrected chi connectivity index (χ3v) is 2.78. The molecule has 0 bridgehead atoms. The molecule has 0 unspecified atom stereocenters. The molecular weight excluding hydrogens is 236 g/mol. The molecule has 3 heteroatoms. The number of aromatic nitrogens is 1. The zero-order valence-electron chi connectivity index (χ0n) is 11.3. The molecule has 0 fully saturated rings. The number of hydrogen-bond acceptors (Lipinski definition) is 3. The van der Waals surface area contributed by atoms with Gasteiger partial charge in [0.2, 0.25) is 0 Å². The molecule has 0 saturated heterocycles. The summed E-state index contributed by atoms with van der Waals surface area (Å²) in [6, 6.07) is 16.2. The van der Waals surface area contributed by atoms with Gasteiger partial charge < -0.3 is 10.1 Å². The van der Waals surface area contributed by atoms with E-state index in [1.54, 1.807) is 0 Å². The standard InChI is InChI=1S/C16H20N2O/c1-2-17-11-15-9-6-10-16(18-15)13-19-12-14-7-4-3-5-8-14/h3-10,17H,2,11-13H2,1H3. The summed E-state index contributed by atoms with van der Waals surface area (Å²) in [4.78, 5) is 4.55. The van der Waals surface area contributed by atoms with Crippen molar-refractivity contribution < 1.29 is 4.74 Å². The Morgan fingerprint density at radius 2 is 1.74 bits per heavy atom. The van der Waals surface area contributed by atoms with Crippen LogP contribution in [0.2, 0.25) is 0 Å². The molecule has 0 aliphatic heterocycles. The fourth-order valence-corrected chi connectivity index (χ4v) is 1.81. The second-order valence-electron chi connectivity index (χ2n) is 4.38. The van der Waals surface area contributed by atoms with Crippen molar-refractivity contribution in [1.82, 2.24) is 10.3 Å². The van der Waals surface area contributed by atoms with E-state index < -0.39 is 0 Å². The highest BCUT2D eigenvalue weighted by molar-refractivity contribution is 5.14. The van der Waals surface area contributed by atoms with Gasteiger partial charge in [-0.3, -0.25) is 4.98 Å². The molecular formula is C16H20N2O. The van der Waals surface area contributed by atoms with E-state index in [9.17, 15) is 0 Å². The summed E-state index contributed by atoms with van der Waals surface area (Å²) in [5.41, 5.74) is 3.22. The number of rotatable bonds is 7. The highest BCUT2D eigenvalue weighted by Gasteiger charge is 1.98. The smallest absolute Gasteiger partial charge is 0.0892 e. The summed E-state index contributed by atoms with van der Waals surface area (Å²) in [7, 11) is 0. The third kappa shape index (κ3) is 4.81. The first kappa shape index (κ1) is 13.7. The van der Waals surface area contributed by atoms with Crippen molar-refractivity contribution in [2.75, 3.05) is 6.54 Å². The van der Waals surface area contributed by atoms with Crippen LogP contribution in [0.4, 0.5) is 0 Å². The van der Waals surface area contributed by atoms with E-state index in [4.69, 9.17) is 4.74 Å². The molecule has 1 aromatic carbocycles. The van der Waals surface area contributed by atoms with Gasteiger partial charge in [-0.05, 0) is 24.2 Å². The van der Waals surface area contributed by atoms with Crippen LogP contribution < -0.4 is 5.32 Å². The van der Waals surface area contributed by atoms with E-state index >= 15 is 0 Å². The fraction of sp³-hybridized carbons (Fsp3) is 0.312. The molecule has 2 rings (SSSR count). The zero-order valence-corrected chi connectivity index (χ0v) is 11.3. The van der Waals surface area contributed by atoms with Crippen LogP contribution >= 0.6 is 0 Å². The minimum atomic E-state index is 0.550. The fourth-order valence-electron chi connectivity index (χ4n) is 1.81. The van der Waals surface area contributed by atoms with Crippen molar-refractivity contribution in [3.05, 3.63) is 65.5 Å². The van der Waals surface area contributed by atoms with E-state index in [-0.39, 0.29) is 0 Å². The average molecular weight is 256 g/mol. The number of hydrogen-bond donors (Lipinski definition) is 1. The minimum absolute atomic E-state index is 0.550. The first-order valence-electron chi connectivity index (χ1n) is 6.65. The summed E-state index contributed by atoms with van der Waals surface area (Å²) in [6.45, 7) is 5.03. The molecule has 1 heterocycles. The maximum atomic E-state index is 5.68. The van der Waals surface area contributed by atoms with Gasteiger partial charge in [0.1, 0.15) is 0 Å². The summed E-state index contributed by atoms with van der Waals surface area (Å²) in [5, 5.41) is 3.27. The van der Waals surface area contributed by atoms with Crippen molar-refractivity contribution in [3.63, 3.8) is 0 Å². The predicted molar refractivity (Wildman–Crippen MR) is 76.6 cm³/mol. The third-order valence-electron chi connectivity index (χ3n) is 2.78. The molecule has 0 spiro atoms. The van der Waals surface area contributed by atoms with Gasteiger partial charge >= 0.3 is 0 Å². The second-order valence-corrected chi connectivity index (χ2v) is 4.38. The summed E-state index contributed by atoms with van der Waals surface area (Å²) >= 11 is 0. The lowest BCUT2D eigenvalue weighted by Crippen LogP contribution is -2.13. The Bertz CT molecular complexity index is 485. The average Bonchev–Trinajstić information content (AvgIpc) is 2.47. The molecule has 0 atom stereocenters. The Balaban J connectivity index is 1.82. The Hall–Kier alpha value is -1.71. The van der Waals surface area contributed by atoms with Crippen LogP contribution in [0.3, 0.4) is 0 Å². The Labute approximate surface area is 114 Å². The quantitative estimate of drug-likeness (QED) is 0.827. The summed E-state index contributed by atoms with van der Waals surface area (Å²) in [5.74, 6) is 0. The van der Waals surface area contributed by atoms with Crippen molar-refractivity contribution in [2.45, 2.75) is 26.7 Å². The first-order valence-corrected chi connectivity index (χ1v) is 6.65. The molecule has 0 saturated carbocycles. The molecule has 100 valence electrons. The van der Waals surface area contributed by atoms with E-state index in [2.05, 4.69) is 29.4 Å². The zero-order chi connectivity index (χ0) is 13.3. The molecule has 2 aromatic rings. The van der Waals surface area contributed by atoms with Gasteiger partial charge in [-0.2, -0.15) is 0 Å². The van der Waals surface area contributed by atoms with Gasteiger partial charge in [-0.15, -0.1) is 0 Å². The van der Waals surface area contributed by atoms with E-state index in [1.165, 1.54) is 5.56 Å². The molecule has 3 nitrogen and oxygen atoms in total. The lowest BCUT2D eigenvalue weighted by molar-refractivity contribution is 0.104. The molecule has 0 aliphatic rings. The number of pyridine rings is 1. The number of ether oxygens (including phenoxy) is 1. The molecule has 0 radical (unpaired) electrons. The van der Waals surface area contributed by atoms with Crippen molar-refractivity contribution in [2.24, 2.45) is 0 Å². The number of benzene rings is 1. The van der Waals surface area contributed by atoms with Gasteiger partial charge in [0.25, 0.3) is 0 Å². The van der Waals surface area contributed by atoms with Gasteiger partial charge in [-0.1, -0.05) is 43.3 Å². The molecule has 0 amide bonds. The maximum absolute atomic E-state index is 5.68. The van der Waals surface area contributed by atoms with Crippen LogP contribution in [0.1, 0.15) is 23.9 Å². The van der Waals surface area contributed by atoms with Crippen LogP contribution in [0.25, 0.3) is 0 Å². The van der Waals surface area contributed by atoms with Gasteiger partial charge in [-0.25, -0.2) is 0 Å². The van der Waals surface area contributed by atoms with Crippen LogP contribution in [0.15, 0.2) is 48.5 Å². The minimum Gasteiger partial charge on any atom is -0.370 e. The lowest BCUT2D eigenvalue weighted by atomic mass is 10.2. The van der Waals surface area contributed by atoms with Crippen LogP contribution in [-0.2, 0) is 24.5 Å². The van der Waals surface area contributed by atoms with E-state index in [1.807, 2.05) is 36.4 Å². The highest BCUT2D eigenvalue weighted by atomic mass is 16.5. The van der Waals surface area contributed by atoms with Gasteiger partial charge in [0.05, 0.1) is 24.6 Å². The Morgan fingerprint density at radius 1 is 0.947 bits per heavy atom. The van der Waals surface area contributed by atoms with Crippen LogP contribution in [0, 0.1) is 0 Å². The van der Waals surface area contributed by atoms with Crippen molar-refractivity contribution >= 4 is 0 Å². The van der Waals surface area contributed by atoms with Gasteiger partial charge in [0.15, 0.2) is 0 Å². The predicted octanol–water partition coefficient (Wildman–Crippen LogP) is 2.91. The molecule has 19 heavy (non-hydrogen) atoms. The van der Waals surface area contributed by atoms with Gasteiger partial charge in [0, 0.05) is 6.54 Å². The van der Waals surface area contributed by atoms with E-state index in [0.29, 0.717) is 13.2 Å². The van der Waals surface area contributed by atoms with Crippen molar-refractivity contribution in [1.29, 1.82) is 0 Å². The number of nitrogens with zero attached hydrogens (tertiary/aromatic N) is 1. The largest absolute Gasteiger partial charge is 0.370 e. The lowest BCUT2D eigenvalue weighted by Gasteiger charge is -2.06. The second kappa shape index (κ2) is 7.67.